The summed E-state index contributed by atoms with van der Waals surface area (Å²) in [4.78, 5) is 41.2. The average molecular weight is 829 g/mol. The SMILES string of the molecule is C=C(C(=O)C1CCC(CC2CC(C(C)CC(C)(C)F)CC(C3=C4CC(C)CCC4CC3)C2C)CC1)C(/C=C/C(C)C(=O)C(=O)C(C)CC1(CCCC)CC1)C(CC)C(=C)C. The molecule has 4 saturated carbocycles. The third-order valence-corrected chi connectivity index (χ3v) is 17.4. The summed E-state index contributed by atoms with van der Waals surface area (Å²) in [6.07, 6.45) is 26.3. The van der Waals surface area contributed by atoms with Crippen LogP contribution in [0.2, 0.25) is 0 Å². The molecule has 0 amide bonds. The summed E-state index contributed by atoms with van der Waals surface area (Å²) in [6, 6.07) is 0. The number of hydrogen-bond acceptors (Lipinski definition) is 3. The van der Waals surface area contributed by atoms with Gasteiger partial charge in [0.15, 0.2) is 5.78 Å². The molecule has 5 rings (SSSR count). The van der Waals surface area contributed by atoms with Crippen molar-refractivity contribution in [3.8, 4) is 0 Å². The lowest BCUT2D eigenvalue weighted by molar-refractivity contribution is -0.140. The number of hydrogen-bond donors (Lipinski definition) is 0. The van der Waals surface area contributed by atoms with E-state index in [1.165, 1.54) is 70.6 Å². The van der Waals surface area contributed by atoms with Crippen molar-refractivity contribution in [1.82, 2.24) is 0 Å². The second kappa shape index (κ2) is 21.1. The van der Waals surface area contributed by atoms with Gasteiger partial charge >= 0.3 is 0 Å². The van der Waals surface area contributed by atoms with Crippen LogP contribution in [0.1, 0.15) is 198 Å². The van der Waals surface area contributed by atoms with Crippen LogP contribution in [0.25, 0.3) is 0 Å². The van der Waals surface area contributed by atoms with Gasteiger partial charge in [-0.25, -0.2) is 4.39 Å². The van der Waals surface area contributed by atoms with E-state index in [2.05, 4.69) is 47.8 Å². The molecule has 0 bridgehead atoms. The van der Waals surface area contributed by atoms with Crippen molar-refractivity contribution < 1.29 is 18.8 Å². The van der Waals surface area contributed by atoms with Gasteiger partial charge < -0.3 is 0 Å². The van der Waals surface area contributed by atoms with E-state index >= 15 is 4.39 Å². The Bertz CT molecular complexity index is 1580. The minimum absolute atomic E-state index is 0.0250. The first-order valence-electron chi connectivity index (χ1n) is 25.3. The van der Waals surface area contributed by atoms with Crippen LogP contribution in [0, 0.1) is 82.3 Å². The van der Waals surface area contributed by atoms with Crippen molar-refractivity contribution in [3.63, 3.8) is 0 Å². The summed E-state index contributed by atoms with van der Waals surface area (Å²) in [6.45, 7) is 29.8. The van der Waals surface area contributed by atoms with Crippen molar-refractivity contribution in [1.29, 1.82) is 0 Å². The third-order valence-electron chi connectivity index (χ3n) is 17.4. The Morgan fingerprint density at radius 1 is 0.900 bits per heavy atom. The summed E-state index contributed by atoms with van der Waals surface area (Å²) in [5.74, 6) is 3.70. The van der Waals surface area contributed by atoms with Gasteiger partial charge in [-0.1, -0.05) is 103 Å². The predicted molar refractivity (Wildman–Crippen MR) is 250 cm³/mol. The number of alkyl halides is 1. The molecule has 4 heteroatoms. The molecule has 3 nitrogen and oxygen atoms in total. The number of allylic oxidation sites excluding steroid dienone is 6. The Hall–Kier alpha value is -2.10. The number of rotatable bonds is 22. The fraction of sp³-hybridized carbons (Fsp3) is 0.804. The number of fused-ring (bicyclic) bond motifs is 1. The van der Waals surface area contributed by atoms with Crippen molar-refractivity contribution in [2.75, 3.05) is 0 Å². The molecule has 0 aromatic heterocycles. The second-order valence-electron chi connectivity index (χ2n) is 22.9. The van der Waals surface area contributed by atoms with Gasteiger partial charge in [-0.05, 0) is 201 Å². The lowest BCUT2D eigenvalue weighted by Crippen LogP contribution is -2.37. The van der Waals surface area contributed by atoms with E-state index in [4.69, 9.17) is 0 Å². The van der Waals surface area contributed by atoms with Crippen molar-refractivity contribution in [2.24, 2.45) is 82.3 Å². The van der Waals surface area contributed by atoms with E-state index < -0.39 is 11.6 Å². The van der Waals surface area contributed by atoms with E-state index in [0.29, 0.717) is 47.5 Å². The lowest BCUT2D eigenvalue weighted by Gasteiger charge is -2.46. The largest absolute Gasteiger partial charge is 0.294 e. The fourth-order valence-corrected chi connectivity index (χ4v) is 13.5. The topological polar surface area (TPSA) is 51.2 Å². The zero-order chi connectivity index (χ0) is 44.1. The van der Waals surface area contributed by atoms with Crippen LogP contribution in [0.5, 0.6) is 0 Å². The first-order chi connectivity index (χ1) is 28.3. The highest BCUT2D eigenvalue weighted by atomic mass is 19.1. The van der Waals surface area contributed by atoms with Crippen LogP contribution in [0.15, 0.2) is 47.6 Å². The van der Waals surface area contributed by atoms with Gasteiger partial charge in [-0.15, -0.1) is 0 Å². The van der Waals surface area contributed by atoms with Crippen LogP contribution in [0.3, 0.4) is 0 Å². The van der Waals surface area contributed by atoms with E-state index in [-0.39, 0.29) is 46.4 Å². The maximum atomic E-state index is 15.1. The van der Waals surface area contributed by atoms with Gasteiger partial charge in [-0.3, -0.25) is 14.4 Å². The molecule has 11 unspecified atom stereocenters. The molecule has 0 N–H and O–H groups in total. The molecular weight excluding hydrogens is 740 g/mol. The van der Waals surface area contributed by atoms with Crippen LogP contribution in [0.4, 0.5) is 4.39 Å². The lowest BCUT2D eigenvalue weighted by atomic mass is 9.59. The summed E-state index contributed by atoms with van der Waals surface area (Å²) in [7, 11) is 0. The van der Waals surface area contributed by atoms with Gasteiger partial charge in [0.2, 0.25) is 11.6 Å². The fourth-order valence-electron chi connectivity index (χ4n) is 13.5. The van der Waals surface area contributed by atoms with E-state index in [1.54, 1.807) is 13.8 Å². The monoisotopic (exact) mass is 829 g/mol. The molecule has 0 aromatic rings. The van der Waals surface area contributed by atoms with Crippen LogP contribution < -0.4 is 0 Å². The van der Waals surface area contributed by atoms with Gasteiger partial charge in [0, 0.05) is 23.7 Å². The minimum atomic E-state index is -1.14. The van der Waals surface area contributed by atoms with Gasteiger partial charge in [0.05, 0.1) is 0 Å². The number of carbonyl (C=O) groups excluding carboxylic acids is 3. The van der Waals surface area contributed by atoms with E-state index in [1.807, 2.05) is 44.1 Å². The molecule has 5 aliphatic carbocycles. The maximum absolute atomic E-state index is 15.1. The molecule has 0 heterocycles. The molecule has 5 aliphatic rings. The number of carbonyl (C=O) groups is 3. The third kappa shape index (κ3) is 12.3. The normalized spacial score (nSPS) is 31.9. The second-order valence-corrected chi connectivity index (χ2v) is 22.9. The summed E-state index contributed by atoms with van der Waals surface area (Å²) in [5.41, 5.74) is 4.42. The van der Waals surface area contributed by atoms with Crippen LogP contribution in [-0.2, 0) is 14.4 Å². The van der Waals surface area contributed by atoms with Gasteiger partial charge in [-0.2, -0.15) is 0 Å². The smallest absolute Gasteiger partial charge is 0.205 e. The zero-order valence-corrected chi connectivity index (χ0v) is 40.3. The predicted octanol–water partition coefficient (Wildman–Crippen LogP) is 15.4. The molecule has 60 heavy (non-hydrogen) atoms. The Kier molecular flexibility index (Phi) is 17.2. The van der Waals surface area contributed by atoms with Gasteiger partial charge in [0.1, 0.15) is 5.67 Å². The van der Waals surface area contributed by atoms with E-state index in [9.17, 15) is 14.4 Å². The van der Waals surface area contributed by atoms with Gasteiger partial charge in [0.25, 0.3) is 0 Å². The highest BCUT2D eigenvalue weighted by Gasteiger charge is 2.46. The standard InChI is InChI=1S/C56H89FO3/c1-13-15-26-56(27-28-56)34-39(8)53(59)52(58)37(6)17-24-48(47(14-2)35(3)4)41(10)54(60)44-21-18-42(19-22-44)30-46-31-45(38(7)33-55(11,12)57)32-50(40(46)9)49-25-23-43-20-16-36(5)29-51(43)49/h17,24,36-40,42-48,50H,3,10,13-16,18-23,25-34H2,1-2,4-9,11-12H3/b24-17+. The molecular formula is C56H89FO3. The van der Waals surface area contributed by atoms with Crippen LogP contribution in [-0.4, -0.2) is 23.0 Å². The Labute approximate surface area is 368 Å². The van der Waals surface area contributed by atoms with Crippen molar-refractivity contribution in [3.05, 3.63) is 47.6 Å². The molecule has 4 fully saturated rings. The minimum Gasteiger partial charge on any atom is -0.294 e. The molecule has 0 aromatic carbocycles. The first-order valence-corrected chi connectivity index (χ1v) is 25.3. The van der Waals surface area contributed by atoms with E-state index in [0.717, 1.165) is 68.8 Å². The number of unbranched alkanes of at least 4 members (excludes halogenated alkanes) is 1. The number of Topliss-reactive ketones (excluding diaryl/α,β-unsaturated/α-hetero) is 3. The molecule has 338 valence electrons. The summed E-state index contributed by atoms with van der Waals surface area (Å²) >= 11 is 0. The van der Waals surface area contributed by atoms with Crippen molar-refractivity contribution in [2.45, 2.75) is 203 Å². The number of halogens is 1. The maximum Gasteiger partial charge on any atom is 0.205 e. The zero-order valence-electron chi connectivity index (χ0n) is 40.3. The molecule has 11 atom stereocenters. The molecule has 0 radical (unpaired) electrons. The Morgan fingerprint density at radius 2 is 1.58 bits per heavy atom. The quantitative estimate of drug-likeness (QED) is 0.0620. The molecule has 0 spiro atoms. The highest BCUT2D eigenvalue weighted by Crippen LogP contribution is 2.56. The molecule has 0 saturated heterocycles. The Morgan fingerprint density at radius 3 is 2.18 bits per heavy atom. The summed E-state index contributed by atoms with van der Waals surface area (Å²) < 4.78 is 15.1. The Balaban J connectivity index is 1.22. The highest BCUT2D eigenvalue weighted by molar-refractivity contribution is 6.39. The average Bonchev–Trinajstić information content (AvgIpc) is 3.84. The number of ketones is 3. The first kappa shape index (κ1) is 48.9. The summed E-state index contributed by atoms with van der Waals surface area (Å²) in [5, 5.41) is 0. The van der Waals surface area contributed by atoms with Crippen LogP contribution >= 0.6 is 0 Å². The molecule has 0 aliphatic heterocycles. The van der Waals surface area contributed by atoms with Crippen molar-refractivity contribution >= 4 is 17.3 Å².